The summed E-state index contributed by atoms with van der Waals surface area (Å²) in [6.07, 6.45) is 2.64. The van der Waals surface area contributed by atoms with E-state index < -0.39 is 11.8 Å². The van der Waals surface area contributed by atoms with Crippen LogP contribution in [0.15, 0.2) is 11.8 Å². The topological polar surface area (TPSA) is 54.5 Å². The Labute approximate surface area is 76.2 Å². The number of Topliss-reactive ketones (excluding diaryl/α,β-unsaturated/α-hetero) is 1. The van der Waals surface area contributed by atoms with Gasteiger partial charge in [-0.2, -0.15) is 0 Å². The van der Waals surface area contributed by atoms with Crippen LogP contribution in [0.25, 0.3) is 0 Å². The predicted molar refractivity (Wildman–Crippen MR) is 45.5 cm³/mol. The third-order valence-electron chi connectivity index (χ3n) is 1.87. The van der Waals surface area contributed by atoms with Crippen LogP contribution in [-0.2, 0) is 14.4 Å². The van der Waals surface area contributed by atoms with E-state index in [0.717, 1.165) is 4.90 Å². The fourth-order valence-electron chi connectivity index (χ4n) is 1.36. The average Bonchev–Trinajstić information content (AvgIpc) is 2.35. The Balaban J connectivity index is 2.94. The molecule has 0 saturated carbocycles. The lowest BCUT2D eigenvalue weighted by Gasteiger charge is -2.16. The minimum atomic E-state index is -0.408. The highest BCUT2D eigenvalue weighted by Gasteiger charge is 2.26. The van der Waals surface area contributed by atoms with Crippen molar-refractivity contribution in [3.8, 4) is 0 Å². The molecule has 0 N–H and O–H groups in total. The summed E-state index contributed by atoms with van der Waals surface area (Å²) >= 11 is 0. The molecule has 0 saturated heterocycles. The highest BCUT2D eigenvalue weighted by Crippen LogP contribution is 2.18. The van der Waals surface area contributed by atoms with E-state index in [9.17, 15) is 14.4 Å². The van der Waals surface area contributed by atoms with Gasteiger partial charge >= 0.3 is 0 Å². The summed E-state index contributed by atoms with van der Waals surface area (Å²) in [5, 5.41) is 0. The summed E-state index contributed by atoms with van der Waals surface area (Å²) in [6.45, 7) is 2.54. The molecule has 1 aliphatic carbocycles. The number of carbonyl (C=O) groups excluding carboxylic acids is 3. The zero-order chi connectivity index (χ0) is 10.0. The van der Waals surface area contributed by atoms with Crippen LogP contribution in [0.4, 0.5) is 0 Å². The molecule has 0 heterocycles. The van der Waals surface area contributed by atoms with Crippen molar-refractivity contribution in [2.75, 3.05) is 0 Å². The molecule has 0 spiro atoms. The van der Waals surface area contributed by atoms with Crippen molar-refractivity contribution in [2.45, 2.75) is 26.7 Å². The fraction of sp³-hybridized carbons (Fsp3) is 0.444. The van der Waals surface area contributed by atoms with E-state index >= 15 is 0 Å². The molecule has 13 heavy (non-hydrogen) atoms. The lowest BCUT2D eigenvalue weighted by atomic mass is 10.3. The molecular formula is C9H11NO3. The quantitative estimate of drug-likeness (QED) is 0.596. The second kappa shape index (κ2) is 3.51. The summed E-state index contributed by atoms with van der Waals surface area (Å²) in [6, 6.07) is 0. The molecule has 0 aromatic heterocycles. The van der Waals surface area contributed by atoms with E-state index in [1.165, 1.54) is 13.8 Å². The molecular weight excluding hydrogens is 170 g/mol. The molecule has 1 aliphatic rings. The molecule has 0 aliphatic heterocycles. The maximum absolute atomic E-state index is 11.2. The van der Waals surface area contributed by atoms with E-state index in [2.05, 4.69) is 0 Å². The van der Waals surface area contributed by atoms with Crippen molar-refractivity contribution in [1.82, 2.24) is 4.90 Å². The smallest absolute Gasteiger partial charge is 0.230 e. The highest BCUT2D eigenvalue weighted by molar-refractivity contribution is 6.07. The third kappa shape index (κ3) is 1.83. The van der Waals surface area contributed by atoms with Gasteiger partial charge < -0.3 is 0 Å². The van der Waals surface area contributed by atoms with Crippen LogP contribution in [0.3, 0.4) is 0 Å². The van der Waals surface area contributed by atoms with Gasteiger partial charge in [0.05, 0.1) is 5.70 Å². The van der Waals surface area contributed by atoms with Crippen LogP contribution in [0.2, 0.25) is 0 Å². The van der Waals surface area contributed by atoms with E-state index in [0.29, 0.717) is 12.8 Å². The number of rotatable bonds is 1. The largest absolute Gasteiger partial charge is 0.293 e. The standard InChI is InChI=1S/C9H11NO3/c1-6(11)10(7(2)12)8-4-3-5-9(8)13/h4H,3,5H2,1-2H3. The zero-order valence-electron chi connectivity index (χ0n) is 7.66. The number of imide groups is 1. The van der Waals surface area contributed by atoms with E-state index in [1.54, 1.807) is 6.08 Å². The summed E-state index contributed by atoms with van der Waals surface area (Å²) < 4.78 is 0. The molecule has 0 atom stereocenters. The van der Waals surface area contributed by atoms with Crippen LogP contribution < -0.4 is 0 Å². The van der Waals surface area contributed by atoms with Crippen LogP contribution in [-0.4, -0.2) is 22.5 Å². The second-order valence-electron chi connectivity index (χ2n) is 2.92. The lowest BCUT2D eigenvalue weighted by molar-refractivity contribution is -0.141. The number of allylic oxidation sites excluding steroid dienone is 2. The van der Waals surface area contributed by atoms with Gasteiger partial charge in [0.25, 0.3) is 0 Å². The van der Waals surface area contributed by atoms with Gasteiger partial charge in [0, 0.05) is 20.3 Å². The minimum Gasteiger partial charge on any atom is -0.293 e. The average molecular weight is 181 g/mol. The van der Waals surface area contributed by atoms with Crippen molar-refractivity contribution in [3.05, 3.63) is 11.8 Å². The van der Waals surface area contributed by atoms with Crippen molar-refractivity contribution < 1.29 is 14.4 Å². The Hall–Kier alpha value is -1.45. The van der Waals surface area contributed by atoms with Crippen LogP contribution >= 0.6 is 0 Å². The van der Waals surface area contributed by atoms with Gasteiger partial charge in [-0.15, -0.1) is 0 Å². The van der Waals surface area contributed by atoms with Gasteiger partial charge in [0.2, 0.25) is 11.8 Å². The summed E-state index contributed by atoms with van der Waals surface area (Å²) in [4.78, 5) is 34.2. The summed E-state index contributed by atoms with van der Waals surface area (Å²) in [7, 11) is 0. The van der Waals surface area contributed by atoms with Crippen LogP contribution in [0, 0.1) is 0 Å². The molecule has 0 radical (unpaired) electrons. The SMILES string of the molecule is CC(=O)N(C(C)=O)C1=CCCC1=O. The first-order valence-corrected chi connectivity index (χ1v) is 4.08. The van der Waals surface area contributed by atoms with Gasteiger partial charge in [-0.05, 0) is 6.42 Å². The van der Waals surface area contributed by atoms with E-state index in [4.69, 9.17) is 0 Å². The highest BCUT2D eigenvalue weighted by atomic mass is 16.2. The number of carbonyl (C=O) groups is 3. The first-order valence-electron chi connectivity index (χ1n) is 4.08. The second-order valence-corrected chi connectivity index (χ2v) is 2.92. The number of ketones is 1. The number of hydrogen-bond donors (Lipinski definition) is 0. The van der Waals surface area contributed by atoms with Crippen molar-refractivity contribution in [2.24, 2.45) is 0 Å². The predicted octanol–water partition coefficient (Wildman–Crippen LogP) is 0.628. The normalized spacial score (nSPS) is 15.5. The molecule has 0 bridgehead atoms. The van der Waals surface area contributed by atoms with Crippen molar-refractivity contribution in [1.29, 1.82) is 0 Å². The Morgan fingerprint density at radius 3 is 2.15 bits per heavy atom. The molecule has 0 fully saturated rings. The van der Waals surface area contributed by atoms with Crippen molar-refractivity contribution in [3.63, 3.8) is 0 Å². The number of hydrogen-bond acceptors (Lipinski definition) is 3. The van der Waals surface area contributed by atoms with Crippen LogP contribution in [0.1, 0.15) is 26.7 Å². The molecule has 4 heteroatoms. The van der Waals surface area contributed by atoms with Gasteiger partial charge in [-0.3, -0.25) is 14.4 Å². The summed E-state index contributed by atoms with van der Waals surface area (Å²) in [5.41, 5.74) is 0.236. The Morgan fingerprint density at radius 1 is 1.31 bits per heavy atom. The van der Waals surface area contributed by atoms with Gasteiger partial charge in [-0.25, -0.2) is 4.90 Å². The molecule has 0 aromatic carbocycles. The maximum atomic E-state index is 11.2. The number of nitrogens with zero attached hydrogens (tertiary/aromatic N) is 1. The Bertz CT molecular complexity index is 290. The lowest BCUT2D eigenvalue weighted by Crippen LogP contribution is -2.34. The van der Waals surface area contributed by atoms with Gasteiger partial charge in [0.1, 0.15) is 0 Å². The Morgan fingerprint density at radius 2 is 1.85 bits per heavy atom. The molecule has 2 amide bonds. The zero-order valence-corrected chi connectivity index (χ0v) is 7.66. The van der Waals surface area contributed by atoms with Crippen LogP contribution in [0.5, 0.6) is 0 Å². The van der Waals surface area contributed by atoms with Gasteiger partial charge in [0.15, 0.2) is 5.78 Å². The monoisotopic (exact) mass is 181 g/mol. The molecule has 1 rings (SSSR count). The van der Waals surface area contributed by atoms with E-state index in [1.807, 2.05) is 0 Å². The maximum Gasteiger partial charge on any atom is 0.230 e. The molecule has 70 valence electrons. The minimum absolute atomic E-state index is 0.134. The molecule has 4 nitrogen and oxygen atoms in total. The summed E-state index contributed by atoms with van der Waals surface area (Å²) in [5.74, 6) is -0.951. The first-order chi connectivity index (χ1) is 6.04. The van der Waals surface area contributed by atoms with Crippen molar-refractivity contribution >= 4 is 17.6 Å². The third-order valence-corrected chi connectivity index (χ3v) is 1.87. The van der Waals surface area contributed by atoms with Gasteiger partial charge in [-0.1, -0.05) is 6.08 Å². The number of amides is 2. The molecule has 0 aromatic rings. The fourth-order valence-corrected chi connectivity index (χ4v) is 1.36. The molecule has 0 unspecified atom stereocenters. The Kier molecular flexibility index (Phi) is 2.60. The van der Waals surface area contributed by atoms with E-state index in [-0.39, 0.29) is 11.5 Å². The first kappa shape index (κ1) is 9.64.